The Hall–Kier alpha value is -2.87. The molecule has 0 spiro atoms. The zero-order valence-electron chi connectivity index (χ0n) is 15.5. The van der Waals surface area contributed by atoms with E-state index in [0.717, 1.165) is 23.4 Å². The number of hydrogen-bond donors (Lipinski definition) is 4. The summed E-state index contributed by atoms with van der Waals surface area (Å²) in [5.41, 5.74) is 7.12. The van der Waals surface area contributed by atoms with Crippen LogP contribution in [0.25, 0.3) is 0 Å². The highest BCUT2D eigenvalue weighted by Gasteiger charge is 2.21. The molecule has 1 aromatic carbocycles. The van der Waals surface area contributed by atoms with Crippen LogP contribution in [0.2, 0.25) is 0 Å². The molecule has 8 heteroatoms. The molecule has 0 unspecified atom stereocenters. The van der Waals surface area contributed by atoms with Crippen molar-refractivity contribution in [2.24, 2.45) is 5.73 Å². The maximum Gasteiger partial charge on any atom is 0.243 e. The van der Waals surface area contributed by atoms with Gasteiger partial charge >= 0.3 is 0 Å². The van der Waals surface area contributed by atoms with E-state index in [1.54, 1.807) is 6.20 Å². The summed E-state index contributed by atoms with van der Waals surface area (Å²) in [6.07, 6.45) is 4.61. The summed E-state index contributed by atoms with van der Waals surface area (Å²) >= 11 is 0. The number of ether oxygens (including phenoxy) is 1. The number of aromatic amines is 1. The second-order valence-electron chi connectivity index (χ2n) is 6.15. The first kappa shape index (κ1) is 20.4. The molecule has 0 bridgehead atoms. The van der Waals surface area contributed by atoms with Crippen molar-refractivity contribution in [1.82, 2.24) is 20.6 Å². The lowest BCUT2D eigenvalue weighted by Gasteiger charge is -2.18. The lowest BCUT2D eigenvalue weighted by molar-refractivity contribution is -0.129. The molecule has 0 saturated heterocycles. The van der Waals surface area contributed by atoms with E-state index in [-0.39, 0.29) is 24.8 Å². The van der Waals surface area contributed by atoms with Gasteiger partial charge < -0.3 is 26.1 Å². The fourth-order valence-electron chi connectivity index (χ4n) is 2.46. The number of carbonyl (C=O) groups is 2. The number of imidazole rings is 1. The number of rotatable bonds is 11. The quantitative estimate of drug-likeness (QED) is 0.466. The van der Waals surface area contributed by atoms with Gasteiger partial charge in [0, 0.05) is 37.8 Å². The minimum absolute atomic E-state index is 0.173. The second-order valence-corrected chi connectivity index (χ2v) is 6.15. The van der Waals surface area contributed by atoms with Gasteiger partial charge in [0.05, 0.1) is 12.9 Å². The highest BCUT2D eigenvalue weighted by Crippen LogP contribution is 2.12. The highest BCUT2D eigenvalue weighted by atomic mass is 16.5. The van der Waals surface area contributed by atoms with Crippen LogP contribution < -0.4 is 21.1 Å². The Kier molecular flexibility index (Phi) is 8.31. The molecule has 0 radical (unpaired) electrons. The van der Waals surface area contributed by atoms with Gasteiger partial charge in [-0.25, -0.2) is 4.98 Å². The fourth-order valence-corrected chi connectivity index (χ4v) is 2.46. The van der Waals surface area contributed by atoms with E-state index in [2.05, 4.69) is 27.5 Å². The van der Waals surface area contributed by atoms with Crippen molar-refractivity contribution in [2.45, 2.75) is 38.8 Å². The Balaban J connectivity index is 1.92. The molecule has 2 aromatic rings. The van der Waals surface area contributed by atoms with Crippen molar-refractivity contribution in [3.05, 3.63) is 48.0 Å². The molecule has 0 aliphatic heterocycles. The van der Waals surface area contributed by atoms with Crippen LogP contribution in [-0.2, 0) is 22.6 Å². The number of nitrogens with zero attached hydrogens (tertiary/aromatic N) is 1. The summed E-state index contributed by atoms with van der Waals surface area (Å²) < 4.78 is 5.54. The number of carbonyl (C=O) groups excluding carboxylic acids is 2. The van der Waals surface area contributed by atoms with E-state index in [1.807, 2.05) is 24.3 Å². The van der Waals surface area contributed by atoms with Crippen molar-refractivity contribution in [1.29, 1.82) is 0 Å². The van der Waals surface area contributed by atoms with Gasteiger partial charge in [0.1, 0.15) is 11.8 Å². The molecule has 2 rings (SSSR count). The van der Waals surface area contributed by atoms with Crippen molar-refractivity contribution in [3.63, 3.8) is 0 Å². The Bertz CT molecular complexity index is 701. The van der Waals surface area contributed by atoms with Gasteiger partial charge in [-0.05, 0) is 24.1 Å². The molecule has 0 aliphatic carbocycles. The van der Waals surface area contributed by atoms with Crippen molar-refractivity contribution < 1.29 is 14.3 Å². The van der Waals surface area contributed by atoms with E-state index in [4.69, 9.17) is 10.5 Å². The average Bonchev–Trinajstić information content (AvgIpc) is 3.18. The van der Waals surface area contributed by atoms with Crippen molar-refractivity contribution in [2.75, 3.05) is 13.2 Å². The first-order valence-electron chi connectivity index (χ1n) is 9.08. The molecule has 2 amide bonds. The van der Waals surface area contributed by atoms with Crippen molar-refractivity contribution in [3.8, 4) is 5.75 Å². The molecular weight excluding hydrogens is 346 g/mol. The maximum atomic E-state index is 12.6. The summed E-state index contributed by atoms with van der Waals surface area (Å²) in [7, 11) is 0. The molecule has 0 saturated carbocycles. The number of benzene rings is 1. The Morgan fingerprint density at radius 2 is 2.07 bits per heavy atom. The van der Waals surface area contributed by atoms with E-state index in [0.29, 0.717) is 19.6 Å². The predicted molar refractivity (Wildman–Crippen MR) is 102 cm³/mol. The number of aromatic nitrogens is 2. The molecule has 1 atom stereocenters. The second kappa shape index (κ2) is 11.0. The van der Waals surface area contributed by atoms with E-state index < -0.39 is 6.04 Å². The summed E-state index contributed by atoms with van der Waals surface area (Å²) in [4.78, 5) is 31.3. The third kappa shape index (κ3) is 7.10. The molecule has 1 aromatic heterocycles. The number of nitrogens with one attached hydrogen (secondary N) is 3. The van der Waals surface area contributed by atoms with Crippen LogP contribution in [0.15, 0.2) is 36.8 Å². The van der Waals surface area contributed by atoms with Crippen LogP contribution >= 0.6 is 0 Å². The first-order chi connectivity index (χ1) is 13.1. The van der Waals surface area contributed by atoms with Gasteiger partial charge in [0.25, 0.3) is 0 Å². The zero-order valence-corrected chi connectivity index (χ0v) is 15.5. The lowest BCUT2D eigenvalue weighted by Crippen LogP contribution is -2.48. The average molecular weight is 373 g/mol. The van der Waals surface area contributed by atoms with Crippen LogP contribution in [0, 0.1) is 0 Å². The summed E-state index contributed by atoms with van der Waals surface area (Å²) in [5, 5.41) is 5.59. The SMILES string of the molecule is CCCOc1ccc(CNC(=O)[C@H](Cc2cnc[nH]2)NC(=O)CCN)cc1. The van der Waals surface area contributed by atoms with E-state index >= 15 is 0 Å². The topological polar surface area (TPSA) is 122 Å². The molecule has 5 N–H and O–H groups in total. The first-order valence-corrected chi connectivity index (χ1v) is 9.08. The van der Waals surface area contributed by atoms with Crippen LogP contribution in [0.5, 0.6) is 5.75 Å². The molecule has 27 heavy (non-hydrogen) atoms. The van der Waals surface area contributed by atoms with Gasteiger partial charge in [0.15, 0.2) is 0 Å². The normalized spacial score (nSPS) is 11.6. The minimum atomic E-state index is -0.698. The summed E-state index contributed by atoms with van der Waals surface area (Å²) in [5.74, 6) is 0.286. The maximum absolute atomic E-state index is 12.6. The van der Waals surface area contributed by atoms with E-state index in [1.165, 1.54) is 6.33 Å². The van der Waals surface area contributed by atoms with E-state index in [9.17, 15) is 9.59 Å². The smallest absolute Gasteiger partial charge is 0.243 e. The van der Waals surface area contributed by atoms with Gasteiger partial charge in [-0.3, -0.25) is 9.59 Å². The summed E-state index contributed by atoms with van der Waals surface area (Å²) in [6, 6.07) is 6.87. The highest BCUT2D eigenvalue weighted by molar-refractivity contribution is 5.87. The standard InChI is InChI=1S/C19H27N5O3/c1-2-9-27-16-5-3-14(4-6-16)11-22-19(26)17(24-18(25)7-8-20)10-15-12-21-13-23-15/h3-6,12-13,17H,2,7-11,20H2,1H3,(H,21,23)(H,22,26)(H,24,25)/t17-/m0/s1. The van der Waals surface area contributed by atoms with Crippen molar-refractivity contribution >= 4 is 11.8 Å². The fraction of sp³-hybridized carbons (Fsp3) is 0.421. The number of nitrogens with two attached hydrogens (primary N) is 1. The Labute approximate surface area is 158 Å². The zero-order chi connectivity index (χ0) is 19.5. The van der Waals surface area contributed by atoms with Gasteiger partial charge in [-0.2, -0.15) is 0 Å². The minimum Gasteiger partial charge on any atom is -0.494 e. The van der Waals surface area contributed by atoms with Gasteiger partial charge in [-0.15, -0.1) is 0 Å². The number of amides is 2. The molecular formula is C19H27N5O3. The molecule has 146 valence electrons. The van der Waals surface area contributed by atoms with Crippen LogP contribution in [0.4, 0.5) is 0 Å². The lowest BCUT2D eigenvalue weighted by atomic mass is 10.1. The molecule has 0 aliphatic rings. The van der Waals surface area contributed by atoms with Crippen LogP contribution in [0.1, 0.15) is 31.0 Å². The Morgan fingerprint density at radius 3 is 2.70 bits per heavy atom. The molecule has 1 heterocycles. The predicted octanol–water partition coefficient (Wildman–Crippen LogP) is 0.891. The Morgan fingerprint density at radius 1 is 1.30 bits per heavy atom. The summed E-state index contributed by atoms with van der Waals surface area (Å²) in [6.45, 7) is 3.32. The van der Waals surface area contributed by atoms with Crippen LogP contribution in [-0.4, -0.2) is 41.0 Å². The third-order valence-corrected chi connectivity index (χ3v) is 3.86. The number of hydrogen-bond acceptors (Lipinski definition) is 5. The largest absolute Gasteiger partial charge is 0.494 e. The van der Waals surface area contributed by atoms with Gasteiger partial charge in [0.2, 0.25) is 11.8 Å². The molecule has 8 nitrogen and oxygen atoms in total. The molecule has 0 fully saturated rings. The third-order valence-electron chi connectivity index (χ3n) is 3.86. The van der Waals surface area contributed by atoms with Crippen LogP contribution in [0.3, 0.4) is 0 Å². The monoisotopic (exact) mass is 373 g/mol. The number of H-pyrrole nitrogens is 1. The van der Waals surface area contributed by atoms with Gasteiger partial charge in [-0.1, -0.05) is 19.1 Å².